The highest BCUT2D eigenvalue weighted by atomic mass is 35.5. The van der Waals surface area contributed by atoms with Gasteiger partial charge in [-0.25, -0.2) is 14.4 Å². The first-order valence-corrected chi connectivity index (χ1v) is 9.94. The fraction of sp³-hybridized carbons (Fsp3) is 0.0833. The molecule has 4 rings (SSSR count). The van der Waals surface area contributed by atoms with E-state index in [-0.39, 0.29) is 22.9 Å². The predicted molar refractivity (Wildman–Crippen MR) is 118 cm³/mol. The highest BCUT2D eigenvalue weighted by molar-refractivity contribution is 6.31. The number of phenols is 1. The van der Waals surface area contributed by atoms with Gasteiger partial charge >= 0.3 is 0 Å². The fourth-order valence-electron chi connectivity index (χ4n) is 2.99. The first kappa shape index (κ1) is 21.4. The van der Waals surface area contributed by atoms with Crippen LogP contribution in [0.5, 0.6) is 28.7 Å². The average Bonchev–Trinajstić information content (AvgIpc) is 2.80. The second-order valence-corrected chi connectivity index (χ2v) is 7.09. The summed E-state index contributed by atoms with van der Waals surface area (Å²) < 4.78 is 30.6. The Morgan fingerprint density at radius 3 is 2.47 bits per heavy atom. The van der Waals surface area contributed by atoms with Crippen LogP contribution in [0.1, 0.15) is 5.56 Å². The molecule has 0 radical (unpaired) electrons. The van der Waals surface area contributed by atoms with Crippen molar-refractivity contribution in [3.05, 3.63) is 89.6 Å². The van der Waals surface area contributed by atoms with Gasteiger partial charge in [-0.1, -0.05) is 17.7 Å². The van der Waals surface area contributed by atoms with Crippen molar-refractivity contribution < 1.29 is 23.7 Å². The molecule has 1 aromatic heterocycles. The van der Waals surface area contributed by atoms with Crippen molar-refractivity contribution in [2.24, 2.45) is 0 Å². The maximum atomic E-state index is 13.9. The van der Waals surface area contributed by atoms with Crippen LogP contribution < -0.4 is 14.2 Å². The summed E-state index contributed by atoms with van der Waals surface area (Å²) in [7, 11) is 1.58. The van der Waals surface area contributed by atoms with Crippen LogP contribution in [0.3, 0.4) is 0 Å². The predicted octanol–water partition coefficient (Wildman–Crippen LogP) is 6.02. The van der Waals surface area contributed by atoms with Crippen LogP contribution >= 0.6 is 11.6 Å². The molecule has 0 atom stereocenters. The van der Waals surface area contributed by atoms with Gasteiger partial charge < -0.3 is 19.3 Å². The van der Waals surface area contributed by atoms with Crippen molar-refractivity contribution in [3.8, 4) is 40.0 Å². The van der Waals surface area contributed by atoms with Crippen molar-refractivity contribution in [3.63, 3.8) is 0 Å². The summed E-state index contributed by atoms with van der Waals surface area (Å²) in [4.78, 5) is 8.27. The van der Waals surface area contributed by atoms with Gasteiger partial charge in [-0.15, -0.1) is 0 Å². The van der Waals surface area contributed by atoms with Gasteiger partial charge in [0.15, 0.2) is 5.75 Å². The topological polar surface area (TPSA) is 73.7 Å². The average molecular weight is 453 g/mol. The molecule has 0 aliphatic carbocycles. The maximum absolute atomic E-state index is 13.9. The first-order chi connectivity index (χ1) is 15.5. The highest BCUT2D eigenvalue weighted by Gasteiger charge is 2.15. The van der Waals surface area contributed by atoms with Crippen molar-refractivity contribution in [1.29, 1.82) is 0 Å². The number of hydrogen-bond acceptors (Lipinski definition) is 6. The molecule has 0 aliphatic heterocycles. The van der Waals surface area contributed by atoms with Crippen LogP contribution in [-0.2, 0) is 6.61 Å². The molecule has 6 nitrogen and oxygen atoms in total. The molecular weight excluding hydrogens is 435 g/mol. The number of methoxy groups -OCH3 is 1. The summed E-state index contributed by atoms with van der Waals surface area (Å²) in [6.45, 7) is -0.0797. The van der Waals surface area contributed by atoms with E-state index < -0.39 is 5.82 Å². The minimum Gasteiger partial charge on any atom is -0.507 e. The Kier molecular flexibility index (Phi) is 6.37. The van der Waals surface area contributed by atoms with E-state index in [1.165, 1.54) is 30.7 Å². The van der Waals surface area contributed by atoms with Gasteiger partial charge in [0, 0.05) is 17.2 Å². The lowest BCUT2D eigenvalue weighted by atomic mass is 10.1. The number of hydrogen-bond donors (Lipinski definition) is 1. The van der Waals surface area contributed by atoms with Gasteiger partial charge in [-0.05, 0) is 48.5 Å². The van der Waals surface area contributed by atoms with Gasteiger partial charge in [0.05, 0.1) is 18.3 Å². The van der Waals surface area contributed by atoms with Crippen LogP contribution in [0.2, 0.25) is 5.02 Å². The lowest BCUT2D eigenvalue weighted by molar-refractivity contribution is 0.298. The van der Waals surface area contributed by atoms with E-state index in [1.807, 2.05) is 0 Å². The zero-order valence-electron chi connectivity index (χ0n) is 17.0. The van der Waals surface area contributed by atoms with Crippen molar-refractivity contribution in [2.75, 3.05) is 7.11 Å². The van der Waals surface area contributed by atoms with Crippen molar-refractivity contribution in [2.45, 2.75) is 6.61 Å². The molecule has 162 valence electrons. The first-order valence-electron chi connectivity index (χ1n) is 9.56. The standard InChI is InChI=1S/C24H18ClFN2O4/c1-30-15-5-7-16(8-6-15)32-23-12-27-14-28-24(23)18-10-9-17(11-22(18)29)31-13-19-20(25)3-2-4-21(19)26/h2-12,14,29H,13H2,1H3. The van der Waals surface area contributed by atoms with Crippen molar-refractivity contribution in [1.82, 2.24) is 9.97 Å². The third kappa shape index (κ3) is 4.73. The Balaban J connectivity index is 1.55. The quantitative estimate of drug-likeness (QED) is 0.369. The number of benzene rings is 3. The maximum Gasteiger partial charge on any atom is 0.172 e. The van der Waals surface area contributed by atoms with E-state index in [9.17, 15) is 9.50 Å². The van der Waals surface area contributed by atoms with E-state index in [2.05, 4.69) is 9.97 Å². The molecule has 32 heavy (non-hydrogen) atoms. The normalized spacial score (nSPS) is 10.6. The number of aromatic nitrogens is 2. The molecule has 0 aliphatic rings. The molecule has 0 amide bonds. The Bertz CT molecular complexity index is 1210. The molecule has 3 aromatic carbocycles. The Labute approximate surface area is 188 Å². The zero-order chi connectivity index (χ0) is 22.5. The highest BCUT2D eigenvalue weighted by Crippen LogP contribution is 2.38. The Morgan fingerprint density at radius 2 is 1.75 bits per heavy atom. The summed E-state index contributed by atoms with van der Waals surface area (Å²) in [5, 5.41) is 10.9. The summed E-state index contributed by atoms with van der Waals surface area (Å²) in [5.74, 6) is 1.42. The second kappa shape index (κ2) is 9.53. The summed E-state index contributed by atoms with van der Waals surface area (Å²) in [5.41, 5.74) is 1.06. The van der Waals surface area contributed by atoms with Gasteiger partial charge in [-0.2, -0.15) is 0 Å². The third-order valence-electron chi connectivity index (χ3n) is 4.64. The van der Waals surface area contributed by atoms with E-state index in [4.69, 9.17) is 25.8 Å². The fourth-order valence-corrected chi connectivity index (χ4v) is 3.21. The smallest absolute Gasteiger partial charge is 0.172 e. The second-order valence-electron chi connectivity index (χ2n) is 6.68. The van der Waals surface area contributed by atoms with E-state index in [0.717, 1.165) is 0 Å². The molecule has 1 N–H and O–H groups in total. The molecule has 8 heteroatoms. The number of nitrogens with zero attached hydrogens (tertiary/aromatic N) is 2. The van der Waals surface area contributed by atoms with Gasteiger partial charge in [0.2, 0.25) is 0 Å². The van der Waals surface area contributed by atoms with E-state index in [0.29, 0.717) is 34.3 Å². The van der Waals surface area contributed by atoms with Crippen LogP contribution in [-0.4, -0.2) is 22.2 Å². The zero-order valence-corrected chi connectivity index (χ0v) is 17.7. The van der Waals surface area contributed by atoms with E-state index >= 15 is 0 Å². The molecule has 0 unspecified atom stereocenters. The number of ether oxygens (including phenoxy) is 3. The third-order valence-corrected chi connectivity index (χ3v) is 4.99. The monoisotopic (exact) mass is 452 g/mol. The summed E-state index contributed by atoms with van der Waals surface area (Å²) in [6.07, 6.45) is 2.87. The SMILES string of the molecule is COc1ccc(Oc2cncnc2-c2ccc(OCc3c(F)cccc3Cl)cc2O)cc1. The largest absolute Gasteiger partial charge is 0.507 e. The van der Waals surface area contributed by atoms with Crippen LogP contribution in [0.4, 0.5) is 4.39 Å². The number of aromatic hydroxyl groups is 1. The van der Waals surface area contributed by atoms with Gasteiger partial charge in [0.25, 0.3) is 0 Å². The molecule has 0 saturated carbocycles. The summed E-state index contributed by atoms with van der Waals surface area (Å²) in [6, 6.07) is 16.2. The number of halogens is 2. The molecule has 0 fully saturated rings. The Morgan fingerprint density at radius 1 is 1.00 bits per heavy atom. The molecule has 4 aromatic rings. The van der Waals surface area contributed by atoms with Crippen LogP contribution in [0.25, 0.3) is 11.3 Å². The lowest BCUT2D eigenvalue weighted by Crippen LogP contribution is -2.00. The lowest BCUT2D eigenvalue weighted by Gasteiger charge is -2.13. The number of phenolic OH excluding ortho intramolecular Hbond substituents is 1. The molecule has 0 spiro atoms. The van der Waals surface area contributed by atoms with Crippen molar-refractivity contribution >= 4 is 11.6 Å². The minimum atomic E-state index is -0.459. The van der Waals surface area contributed by atoms with Crippen LogP contribution in [0, 0.1) is 5.82 Å². The molecule has 1 heterocycles. The van der Waals surface area contributed by atoms with Gasteiger partial charge in [-0.3, -0.25) is 0 Å². The van der Waals surface area contributed by atoms with E-state index in [1.54, 1.807) is 49.6 Å². The van der Waals surface area contributed by atoms with Crippen LogP contribution in [0.15, 0.2) is 73.2 Å². The summed E-state index contributed by atoms with van der Waals surface area (Å²) >= 11 is 6.03. The molecular formula is C24H18ClFN2O4. The minimum absolute atomic E-state index is 0.0797. The Hall–Kier alpha value is -3.84. The number of rotatable bonds is 7. The molecule has 0 saturated heterocycles. The van der Waals surface area contributed by atoms with Gasteiger partial charge in [0.1, 0.15) is 47.4 Å². The molecule has 0 bridgehead atoms.